The molecule has 0 bridgehead atoms. The molecule has 2 rings (SSSR count). The van der Waals surface area contributed by atoms with E-state index in [0.717, 1.165) is 16.7 Å². The van der Waals surface area contributed by atoms with Gasteiger partial charge in [0.2, 0.25) is 0 Å². The molecule has 3 nitrogen and oxygen atoms in total. The molecule has 0 heterocycles. The Balaban J connectivity index is 2.27. The molecular weight excluding hydrogens is 264 g/mol. The van der Waals surface area contributed by atoms with Crippen molar-refractivity contribution in [3.8, 4) is 16.9 Å². The molecule has 0 saturated heterocycles. The van der Waals surface area contributed by atoms with Gasteiger partial charge in [0, 0.05) is 0 Å². The van der Waals surface area contributed by atoms with Gasteiger partial charge < -0.3 is 9.84 Å². The fourth-order valence-corrected chi connectivity index (χ4v) is 2.09. The molecule has 2 aromatic rings. The maximum Gasteiger partial charge on any atom is 0.307 e. The van der Waals surface area contributed by atoms with Crippen LogP contribution in [0.5, 0.6) is 5.75 Å². The first-order valence-corrected chi connectivity index (χ1v) is 6.12. The minimum absolute atomic E-state index is 0.0314. The van der Waals surface area contributed by atoms with Gasteiger partial charge in [-0.05, 0) is 28.8 Å². The molecule has 0 aliphatic carbocycles. The highest BCUT2D eigenvalue weighted by Crippen LogP contribution is 2.30. The molecule has 0 amide bonds. The summed E-state index contributed by atoms with van der Waals surface area (Å²) in [5.74, 6) is -0.201. The van der Waals surface area contributed by atoms with E-state index in [0.29, 0.717) is 10.8 Å². The van der Waals surface area contributed by atoms with Gasteiger partial charge in [0.05, 0.1) is 18.6 Å². The van der Waals surface area contributed by atoms with Crippen LogP contribution in [0, 0.1) is 0 Å². The summed E-state index contributed by atoms with van der Waals surface area (Å²) in [5, 5.41) is 9.27. The summed E-state index contributed by atoms with van der Waals surface area (Å²) >= 11 is 6.08. The van der Waals surface area contributed by atoms with E-state index in [4.69, 9.17) is 21.4 Å². The average Bonchev–Trinajstić information content (AvgIpc) is 2.39. The number of hydrogen-bond donors (Lipinski definition) is 1. The molecule has 0 spiro atoms. The molecule has 0 radical (unpaired) electrons. The maximum absolute atomic E-state index is 10.6. The lowest BCUT2D eigenvalue weighted by Crippen LogP contribution is -1.99. The Bertz CT molecular complexity index is 591. The highest BCUT2D eigenvalue weighted by molar-refractivity contribution is 6.32. The normalized spacial score (nSPS) is 10.2. The highest BCUT2D eigenvalue weighted by Gasteiger charge is 2.05. The van der Waals surface area contributed by atoms with E-state index in [9.17, 15) is 4.79 Å². The first kappa shape index (κ1) is 13.4. The third kappa shape index (κ3) is 3.26. The Morgan fingerprint density at radius 3 is 2.32 bits per heavy atom. The van der Waals surface area contributed by atoms with Crippen LogP contribution in [-0.4, -0.2) is 18.2 Å². The van der Waals surface area contributed by atoms with Crippen LogP contribution >= 0.6 is 11.6 Å². The van der Waals surface area contributed by atoms with E-state index in [2.05, 4.69) is 0 Å². The number of rotatable bonds is 4. The molecule has 1 N–H and O–H groups in total. The third-order valence-electron chi connectivity index (χ3n) is 2.79. The van der Waals surface area contributed by atoms with Crippen LogP contribution in [-0.2, 0) is 11.2 Å². The summed E-state index contributed by atoms with van der Waals surface area (Å²) in [6.07, 6.45) is 0.0314. The van der Waals surface area contributed by atoms with Gasteiger partial charge in [-0.3, -0.25) is 4.79 Å². The molecule has 0 atom stereocenters. The zero-order valence-corrected chi connectivity index (χ0v) is 11.1. The van der Waals surface area contributed by atoms with Crippen LogP contribution in [0.25, 0.3) is 11.1 Å². The molecule has 0 fully saturated rings. The fraction of sp³-hybridized carbons (Fsp3) is 0.133. The molecule has 0 aliphatic rings. The van der Waals surface area contributed by atoms with E-state index in [1.54, 1.807) is 7.11 Å². The number of carboxylic acid groups (broad SMARTS) is 1. The summed E-state index contributed by atoms with van der Waals surface area (Å²) in [6, 6.07) is 12.9. The van der Waals surface area contributed by atoms with Gasteiger partial charge in [-0.25, -0.2) is 0 Å². The van der Waals surface area contributed by atoms with Crippen LogP contribution < -0.4 is 4.74 Å². The lowest BCUT2D eigenvalue weighted by molar-refractivity contribution is -0.136. The predicted molar refractivity (Wildman–Crippen MR) is 74.8 cm³/mol. The van der Waals surface area contributed by atoms with Crippen molar-refractivity contribution in [2.75, 3.05) is 7.11 Å². The molecule has 0 saturated carbocycles. The van der Waals surface area contributed by atoms with Gasteiger partial charge in [-0.2, -0.15) is 0 Å². The van der Waals surface area contributed by atoms with Crippen molar-refractivity contribution in [1.82, 2.24) is 0 Å². The topological polar surface area (TPSA) is 46.5 Å². The summed E-state index contributed by atoms with van der Waals surface area (Å²) < 4.78 is 5.10. The van der Waals surface area contributed by atoms with Crippen LogP contribution in [0.1, 0.15) is 5.56 Å². The second-order valence-corrected chi connectivity index (χ2v) is 4.52. The fourth-order valence-electron chi connectivity index (χ4n) is 1.84. The summed E-state index contributed by atoms with van der Waals surface area (Å²) in [5.41, 5.74) is 2.72. The number of carbonyl (C=O) groups is 1. The molecule has 98 valence electrons. The van der Waals surface area contributed by atoms with Crippen molar-refractivity contribution >= 4 is 17.6 Å². The van der Waals surface area contributed by atoms with Crippen molar-refractivity contribution in [2.24, 2.45) is 0 Å². The molecule has 4 heteroatoms. The predicted octanol–water partition coefficient (Wildman–Crippen LogP) is 3.64. The SMILES string of the molecule is COc1ccc(-c2ccc(CC(=O)O)cc2)cc1Cl. The monoisotopic (exact) mass is 276 g/mol. The molecule has 0 unspecified atom stereocenters. The zero-order chi connectivity index (χ0) is 13.8. The zero-order valence-electron chi connectivity index (χ0n) is 10.4. The Hall–Kier alpha value is -2.00. The quantitative estimate of drug-likeness (QED) is 0.927. The Kier molecular flexibility index (Phi) is 4.07. The van der Waals surface area contributed by atoms with E-state index in [1.807, 2.05) is 42.5 Å². The lowest BCUT2D eigenvalue weighted by atomic mass is 10.0. The average molecular weight is 277 g/mol. The van der Waals surface area contributed by atoms with Gasteiger partial charge in [0.1, 0.15) is 5.75 Å². The van der Waals surface area contributed by atoms with Crippen LogP contribution in [0.2, 0.25) is 5.02 Å². The molecule has 0 aliphatic heterocycles. The molecular formula is C15H13ClO3. The third-order valence-corrected chi connectivity index (χ3v) is 3.09. The van der Waals surface area contributed by atoms with Crippen molar-refractivity contribution in [3.63, 3.8) is 0 Å². The van der Waals surface area contributed by atoms with Gasteiger partial charge in [0.25, 0.3) is 0 Å². The van der Waals surface area contributed by atoms with Crippen molar-refractivity contribution < 1.29 is 14.6 Å². The largest absolute Gasteiger partial charge is 0.495 e. The molecule has 19 heavy (non-hydrogen) atoms. The van der Waals surface area contributed by atoms with Crippen molar-refractivity contribution in [3.05, 3.63) is 53.1 Å². The van der Waals surface area contributed by atoms with E-state index in [-0.39, 0.29) is 6.42 Å². The number of methoxy groups -OCH3 is 1. The van der Waals surface area contributed by atoms with Crippen molar-refractivity contribution in [1.29, 1.82) is 0 Å². The Labute approximate surface area is 116 Å². The first-order valence-electron chi connectivity index (χ1n) is 5.75. The van der Waals surface area contributed by atoms with Gasteiger partial charge in [-0.1, -0.05) is 41.9 Å². The standard InChI is InChI=1S/C15H13ClO3/c1-19-14-7-6-12(9-13(14)16)11-4-2-10(3-5-11)8-15(17)18/h2-7,9H,8H2,1H3,(H,17,18). The number of halogens is 1. The Morgan fingerprint density at radius 1 is 1.16 bits per heavy atom. The Morgan fingerprint density at radius 2 is 1.79 bits per heavy atom. The number of hydrogen-bond acceptors (Lipinski definition) is 2. The number of aliphatic carboxylic acids is 1. The summed E-state index contributed by atoms with van der Waals surface area (Å²) in [6.45, 7) is 0. The van der Waals surface area contributed by atoms with Gasteiger partial charge in [0.15, 0.2) is 0 Å². The maximum atomic E-state index is 10.6. The summed E-state index contributed by atoms with van der Waals surface area (Å²) in [7, 11) is 1.57. The van der Waals surface area contributed by atoms with Gasteiger partial charge >= 0.3 is 5.97 Å². The minimum Gasteiger partial charge on any atom is -0.495 e. The van der Waals surface area contributed by atoms with E-state index in [1.165, 1.54) is 0 Å². The number of carboxylic acids is 1. The van der Waals surface area contributed by atoms with E-state index < -0.39 is 5.97 Å². The lowest BCUT2D eigenvalue weighted by Gasteiger charge is -2.07. The molecule has 0 aromatic heterocycles. The van der Waals surface area contributed by atoms with Crippen LogP contribution in [0.15, 0.2) is 42.5 Å². The van der Waals surface area contributed by atoms with Gasteiger partial charge in [-0.15, -0.1) is 0 Å². The summed E-state index contributed by atoms with van der Waals surface area (Å²) in [4.78, 5) is 10.6. The smallest absolute Gasteiger partial charge is 0.307 e. The minimum atomic E-state index is -0.833. The van der Waals surface area contributed by atoms with Crippen LogP contribution in [0.3, 0.4) is 0 Å². The van der Waals surface area contributed by atoms with Crippen molar-refractivity contribution in [2.45, 2.75) is 6.42 Å². The molecule has 2 aromatic carbocycles. The van der Waals surface area contributed by atoms with E-state index >= 15 is 0 Å². The first-order chi connectivity index (χ1) is 9.10. The highest BCUT2D eigenvalue weighted by atomic mass is 35.5. The second kappa shape index (κ2) is 5.76. The van der Waals surface area contributed by atoms with Crippen LogP contribution in [0.4, 0.5) is 0 Å². The number of benzene rings is 2. The number of ether oxygens (including phenoxy) is 1. The second-order valence-electron chi connectivity index (χ2n) is 4.12.